The summed E-state index contributed by atoms with van der Waals surface area (Å²) in [5.74, 6) is 2.66. The third-order valence-electron chi connectivity index (χ3n) is 4.17. The van der Waals surface area contributed by atoms with Crippen molar-refractivity contribution in [1.82, 2.24) is 14.5 Å². The first-order chi connectivity index (χ1) is 10.1. The number of piperidine rings is 1. The summed E-state index contributed by atoms with van der Waals surface area (Å²) in [7, 11) is 2.02. The van der Waals surface area contributed by atoms with Gasteiger partial charge in [0.15, 0.2) is 0 Å². The number of hydrogen-bond acceptors (Lipinski definition) is 4. The average Bonchev–Trinajstić information content (AvgIpc) is 2.89. The fourth-order valence-electron chi connectivity index (χ4n) is 2.89. The average molecular weight is 310 g/mol. The van der Waals surface area contributed by atoms with E-state index < -0.39 is 0 Å². The van der Waals surface area contributed by atoms with E-state index in [4.69, 9.17) is 5.73 Å². The van der Waals surface area contributed by atoms with Crippen molar-refractivity contribution in [2.24, 2.45) is 18.7 Å². The minimum Gasteiger partial charge on any atom is -0.341 e. The summed E-state index contributed by atoms with van der Waals surface area (Å²) >= 11 is 1.74. The Hall–Kier alpha value is -1.01. The van der Waals surface area contributed by atoms with E-state index in [1.807, 2.05) is 30.6 Å². The molecule has 0 unspecified atom stereocenters. The number of imidazole rings is 1. The Morgan fingerprint density at radius 2 is 2.43 bits per heavy atom. The topological polar surface area (TPSA) is 64.2 Å². The molecule has 1 saturated heterocycles. The molecule has 5 nitrogen and oxygen atoms in total. The van der Waals surface area contributed by atoms with Gasteiger partial charge < -0.3 is 15.2 Å². The minimum absolute atomic E-state index is 0.119. The van der Waals surface area contributed by atoms with Gasteiger partial charge in [0, 0.05) is 39.0 Å². The molecule has 1 amide bonds. The molecular formula is C15H26N4OS. The second-order valence-corrected chi connectivity index (χ2v) is 6.82. The maximum Gasteiger partial charge on any atom is 0.239 e. The number of likely N-dealkylation sites (tertiary alicyclic amines) is 1. The number of thioether (sulfide) groups is 1. The van der Waals surface area contributed by atoms with Crippen molar-refractivity contribution in [1.29, 1.82) is 0 Å². The lowest BCUT2D eigenvalue weighted by molar-refractivity contribution is -0.134. The van der Waals surface area contributed by atoms with Gasteiger partial charge in [-0.1, -0.05) is 0 Å². The number of hydrogen-bond donors (Lipinski definition) is 1. The lowest BCUT2D eigenvalue weighted by Crippen LogP contribution is -2.48. The standard InChI is InChI=1S/C15H26N4OS/c1-18-8-6-17-14(18)10-12-4-3-7-19(11-12)15(20)13(16)5-9-21-2/h6,8,12-13H,3-5,7,9-11,16H2,1-2H3/t12-,13-/m0/s1. The molecule has 21 heavy (non-hydrogen) atoms. The highest BCUT2D eigenvalue weighted by atomic mass is 32.2. The largest absolute Gasteiger partial charge is 0.341 e. The Balaban J connectivity index is 1.88. The van der Waals surface area contributed by atoms with Crippen LogP contribution in [0.3, 0.4) is 0 Å². The third-order valence-corrected chi connectivity index (χ3v) is 4.82. The molecule has 0 aromatic carbocycles. The third kappa shape index (κ3) is 4.48. The van der Waals surface area contributed by atoms with Gasteiger partial charge in [0.05, 0.1) is 6.04 Å². The van der Waals surface area contributed by atoms with Crippen molar-refractivity contribution in [3.8, 4) is 0 Å². The van der Waals surface area contributed by atoms with Crippen LogP contribution in [-0.4, -0.2) is 51.5 Å². The highest BCUT2D eigenvalue weighted by molar-refractivity contribution is 7.98. The lowest BCUT2D eigenvalue weighted by atomic mass is 9.94. The van der Waals surface area contributed by atoms with Gasteiger partial charge in [-0.3, -0.25) is 4.79 Å². The van der Waals surface area contributed by atoms with Crippen molar-refractivity contribution in [2.45, 2.75) is 31.7 Å². The molecule has 1 fully saturated rings. The lowest BCUT2D eigenvalue weighted by Gasteiger charge is -2.34. The number of amides is 1. The zero-order chi connectivity index (χ0) is 15.2. The molecule has 2 heterocycles. The summed E-state index contributed by atoms with van der Waals surface area (Å²) in [5.41, 5.74) is 6.02. The van der Waals surface area contributed by atoms with Gasteiger partial charge >= 0.3 is 0 Å². The van der Waals surface area contributed by atoms with Crippen LogP contribution in [0.25, 0.3) is 0 Å². The Labute approximate surface area is 131 Å². The van der Waals surface area contributed by atoms with Crippen LogP contribution in [0.5, 0.6) is 0 Å². The predicted octanol–water partition coefficient (Wildman–Crippen LogP) is 1.28. The Bertz CT molecular complexity index is 462. The molecule has 1 aromatic rings. The molecule has 0 saturated carbocycles. The van der Waals surface area contributed by atoms with Gasteiger partial charge in [0.1, 0.15) is 5.82 Å². The monoisotopic (exact) mass is 310 g/mol. The second-order valence-electron chi connectivity index (χ2n) is 5.84. The van der Waals surface area contributed by atoms with Gasteiger partial charge in [-0.25, -0.2) is 4.98 Å². The fraction of sp³-hybridized carbons (Fsp3) is 0.733. The predicted molar refractivity (Wildman–Crippen MR) is 87.2 cm³/mol. The number of aromatic nitrogens is 2. The first-order valence-corrected chi connectivity index (χ1v) is 9.00. The molecule has 1 aliphatic rings. The summed E-state index contributed by atoms with van der Waals surface area (Å²) in [6.45, 7) is 1.67. The van der Waals surface area contributed by atoms with E-state index >= 15 is 0 Å². The van der Waals surface area contributed by atoms with Crippen LogP contribution in [0.2, 0.25) is 0 Å². The van der Waals surface area contributed by atoms with Gasteiger partial charge in [0.25, 0.3) is 0 Å². The van der Waals surface area contributed by atoms with Crippen LogP contribution in [0.4, 0.5) is 0 Å². The number of carbonyl (C=O) groups excluding carboxylic acids is 1. The first-order valence-electron chi connectivity index (χ1n) is 7.61. The minimum atomic E-state index is -0.343. The van der Waals surface area contributed by atoms with Crippen LogP contribution < -0.4 is 5.73 Å². The highest BCUT2D eigenvalue weighted by Gasteiger charge is 2.27. The van der Waals surface area contributed by atoms with E-state index in [1.165, 1.54) is 0 Å². The SMILES string of the molecule is CSCC[C@H](N)C(=O)N1CCC[C@@H](Cc2nccn2C)C1. The molecule has 2 rings (SSSR count). The van der Waals surface area contributed by atoms with Crippen molar-refractivity contribution in [3.05, 3.63) is 18.2 Å². The summed E-state index contributed by atoms with van der Waals surface area (Å²) in [6.07, 6.45) is 9.78. The molecule has 0 spiro atoms. The zero-order valence-electron chi connectivity index (χ0n) is 13.0. The number of nitrogens with zero attached hydrogens (tertiary/aromatic N) is 3. The molecule has 1 aromatic heterocycles. The van der Waals surface area contributed by atoms with E-state index in [1.54, 1.807) is 11.8 Å². The fourth-order valence-corrected chi connectivity index (χ4v) is 3.38. The maximum atomic E-state index is 12.4. The van der Waals surface area contributed by atoms with Crippen molar-refractivity contribution in [3.63, 3.8) is 0 Å². The molecule has 2 atom stereocenters. The van der Waals surface area contributed by atoms with Crippen LogP contribution in [0.15, 0.2) is 12.4 Å². The van der Waals surface area contributed by atoms with E-state index in [0.29, 0.717) is 5.92 Å². The number of aryl methyl sites for hydroxylation is 1. The van der Waals surface area contributed by atoms with Gasteiger partial charge in [0.2, 0.25) is 5.91 Å². The van der Waals surface area contributed by atoms with Crippen LogP contribution >= 0.6 is 11.8 Å². The van der Waals surface area contributed by atoms with Crippen molar-refractivity contribution < 1.29 is 4.79 Å². The molecular weight excluding hydrogens is 284 g/mol. The van der Waals surface area contributed by atoms with Crippen molar-refractivity contribution >= 4 is 17.7 Å². The highest BCUT2D eigenvalue weighted by Crippen LogP contribution is 2.21. The number of nitrogens with two attached hydrogens (primary N) is 1. The summed E-state index contributed by atoms with van der Waals surface area (Å²) in [4.78, 5) is 18.7. The van der Waals surface area contributed by atoms with Gasteiger partial charge in [-0.15, -0.1) is 0 Å². The summed E-state index contributed by atoms with van der Waals surface area (Å²) in [6, 6.07) is -0.343. The smallest absolute Gasteiger partial charge is 0.239 e. The van der Waals surface area contributed by atoms with Crippen LogP contribution in [0, 0.1) is 5.92 Å². The Morgan fingerprint density at radius 3 is 3.10 bits per heavy atom. The number of carbonyl (C=O) groups is 1. The van der Waals surface area contributed by atoms with E-state index in [-0.39, 0.29) is 11.9 Å². The maximum absolute atomic E-state index is 12.4. The van der Waals surface area contributed by atoms with E-state index in [9.17, 15) is 4.79 Å². The molecule has 0 bridgehead atoms. The summed E-state index contributed by atoms with van der Waals surface area (Å²) in [5, 5.41) is 0. The molecule has 0 aliphatic carbocycles. The van der Waals surface area contributed by atoms with Crippen LogP contribution in [-0.2, 0) is 18.3 Å². The normalized spacial score (nSPS) is 20.5. The Kier molecular flexibility index (Phi) is 6.11. The van der Waals surface area contributed by atoms with E-state index in [0.717, 1.165) is 50.4 Å². The zero-order valence-corrected chi connectivity index (χ0v) is 13.8. The van der Waals surface area contributed by atoms with Gasteiger partial charge in [-0.05, 0) is 37.2 Å². The number of rotatable bonds is 6. The Morgan fingerprint density at radius 1 is 1.62 bits per heavy atom. The molecule has 6 heteroatoms. The molecule has 1 aliphatic heterocycles. The van der Waals surface area contributed by atoms with E-state index in [2.05, 4.69) is 9.55 Å². The first kappa shape index (κ1) is 16.4. The molecule has 2 N–H and O–H groups in total. The molecule has 118 valence electrons. The van der Waals surface area contributed by atoms with Gasteiger partial charge in [-0.2, -0.15) is 11.8 Å². The van der Waals surface area contributed by atoms with Crippen molar-refractivity contribution in [2.75, 3.05) is 25.1 Å². The summed E-state index contributed by atoms with van der Waals surface area (Å²) < 4.78 is 2.06. The molecule has 0 radical (unpaired) electrons. The quantitative estimate of drug-likeness (QED) is 0.860. The second kappa shape index (κ2) is 7.84. The van der Waals surface area contributed by atoms with Crippen LogP contribution in [0.1, 0.15) is 25.1 Å².